The summed E-state index contributed by atoms with van der Waals surface area (Å²) >= 11 is 0. The van der Waals surface area contributed by atoms with Crippen LogP contribution in [0.3, 0.4) is 0 Å². The molecule has 0 heterocycles. The monoisotopic (exact) mass is 295 g/mol. The number of carboxylic acid groups (broad SMARTS) is 1. The van der Waals surface area contributed by atoms with E-state index < -0.39 is 17.8 Å². The number of hydrogen-bond acceptors (Lipinski definition) is 2. The maximum atomic E-state index is 13.2. The second-order valence-electron chi connectivity index (χ2n) is 6.47. The molecule has 5 heteroatoms. The van der Waals surface area contributed by atoms with Gasteiger partial charge in [-0.1, -0.05) is 20.8 Å². The highest BCUT2D eigenvalue weighted by Crippen LogP contribution is 2.24. The van der Waals surface area contributed by atoms with E-state index in [-0.39, 0.29) is 17.8 Å². The highest BCUT2D eigenvalue weighted by atomic mass is 19.1. The molecule has 0 spiro atoms. The highest BCUT2D eigenvalue weighted by molar-refractivity contribution is 5.94. The summed E-state index contributed by atoms with van der Waals surface area (Å²) in [6.07, 6.45) is 0.463. The molecule has 0 bridgehead atoms. The van der Waals surface area contributed by atoms with Crippen LogP contribution in [0.1, 0.15) is 43.1 Å². The fraction of sp³-hybridized carbons (Fsp3) is 0.500. The normalized spacial score (nSPS) is 12.8. The number of aliphatic carboxylic acids is 1. The quantitative estimate of drug-likeness (QED) is 0.877. The summed E-state index contributed by atoms with van der Waals surface area (Å²) in [6, 6.07) is 4.06. The molecule has 0 fully saturated rings. The fourth-order valence-electron chi connectivity index (χ4n) is 2.09. The van der Waals surface area contributed by atoms with Crippen LogP contribution < -0.4 is 5.32 Å². The molecule has 1 rings (SSSR count). The molecule has 0 aliphatic rings. The number of halogens is 1. The van der Waals surface area contributed by atoms with Crippen molar-refractivity contribution in [1.82, 2.24) is 5.32 Å². The number of aryl methyl sites for hydroxylation is 1. The minimum Gasteiger partial charge on any atom is -0.481 e. The van der Waals surface area contributed by atoms with Crippen LogP contribution in [0.15, 0.2) is 18.2 Å². The lowest BCUT2D eigenvalue weighted by molar-refractivity contribution is -0.142. The van der Waals surface area contributed by atoms with Crippen molar-refractivity contribution in [3.63, 3.8) is 0 Å². The summed E-state index contributed by atoms with van der Waals surface area (Å²) in [6.45, 7) is 7.49. The fourth-order valence-corrected chi connectivity index (χ4v) is 2.09. The number of carboxylic acids is 1. The Labute approximate surface area is 124 Å². The van der Waals surface area contributed by atoms with Gasteiger partial charge in [0.25, 0.3) is 5.91 Å². The van der Waals surface area contributed by atoms with Crippen LogP contribution in [0, 0.1) is 24.1 Å². The zero-order valence-electron chi connectivity index (χ0n) is 12.9. The molecule has 21 heavy (non-hydrogen) atoms. The highest BCUT2D eigenvalue weighted by Gasteiger charge is 2.25. The molecule has 0 saturated heterocycles. The third-order valence-electron chi connectivity index (χ3n) is 3.14. The Morgan fingerprint density at radius 1 is 1.33 bits per heavy atom. The average molecular weight is 295 g/mol. The molecule has 0 aromatic heterocycles. The molecule has 1 atom stereocenters. The third kappa shape index (κ3) is 5.53. The predicted molar refractivity (Wildman–Crippen MR) is 78.7 cm³/mol. The van der Waals surface area contributed by atoms with E-state index in [1.807, 2.05) is 20.8 Å². The van der Waals surface area contributed by atoms with E-state index in [2.05, 4.69) is 5.32 Å². The van der Waals surface area contributed by atoms with Crippen LogP contribution in [0.5, 0.6) is 0 Å². The molecule has 0 saturated carbocycles. The van der Waals surface area contributed by atoms with Gasteiger partial charge < -0.3 is 10.4 Å². The molecule has 0 radical (unpaired) electrons. The van der Waals surface area contributed by atoms with E-state index in [4.69, 9.17) is 0 Å². The summed E-state index contributed by atoms with van der Waals surface area (Å²) in [4.78, 5) is 23.2. The van der Waals surface area contributed by atoms with Crippen LogP contribution in [0.4, 0.5) is 4.39 Å². The summed E-state index contributed by atoms with van der Waals surface area (Å²) in [5, 5.41) is 11.8. The van der Waals surface area contributed by atoms with E-state index in [9.17, 15) is 19.1 Å². The van der Waals surface area contributed by atoms with Crippen LogP contribution in [0.25, 0.3) is 0 Å². The first-order valence-electron chi connectivity index (χ1n) is 6.87. The van der Waals surface area contributed by atoms with Crippen molar-refractivity contribution >= 4 is 11.9 Å². The van der Waals surface area contributed by atoms with Gasteiger partial charge in [-0.3, -0.25) is 9.59 Å². The Bertz CT molecular complexity index is 535. The van der Waals surface area contributed by atoms with Crippen LogP contribution >= 0.6 is 0 Å². The van der Waals surface area contributed by atoms with E-state index >= 15 is 0 Å². The maximum absolute atomic E-state index is 13.2. The molecule has 1 aromatic rings. The minimum atomic E-state index is -0.930. The molecule has 1 amide bonds. The van der Waals surface area contributed by atoms with Crippen molar-refractivity contribution in [3.05, 3.63) is 35.1 Å². The van der Waals surface area contributed by atoms with Crippen molar-refractivity contribution in [2.45, 2.75) is 34.1 Å². The molecule has 1 aromatic carbocycles. The largest absolute Gasteiger partial charge is 0.481 e. The zero-order valence-corrected chi connectivity index (χ0v) is 12.9. The van der Waals surface area contributed by atoms with Crippen molar-refractivity contribution in [2.75, 3.05) is 6.54 Å². The van der Waals surface area contributed by atoms with E-state index in [1.54, 1.807) is 6.92 Å². The number of hydrogen-bond donors (Lipinski definition) is 2. The maximum Gasteiger partial charge on any atom is 0.308 e. The Morgan fingerprint density at radius 3 is 2.43 bits per heavy atom. The van der Waals surface area contributed by atoms with Gasteiger partial charge in [0.05, 0.1) is 5.92 Å². The summed E-state index contributed by atoms with van der Waals surface area (Å²) in [5.41, 5.74) is 0.571. The Balaban J connectivity index is 2.69. The Kier molecular flexibility index (Phi) is 5.47. The van der Waals surface area contributed by atoms with Gasteiger partial charge in [-0.25, -0.2) is 4.39 Å². The number of rotatable bonds is 5. The molecule has 1 unspecified atom stereocenters. The molecule has 0 aliphatic heterocycles. The molecular weight excluding hydrogens is 273 g/mol. The van der Waals surface area contributed by atoms with Crippen LogP contribution in [0.2, 0.25) is 0 Å². The first-order valence-corrected chi connectivity index (χ1v) is 6.87. The van der Waals surface area contributed by atoms with E-state index in [0.29, 0.717) is 17.5 Å². The molecule has 2 N–H and O–H groups in total. The topological polar surface area (TPSA) is 66.4 Å². The van der Waals surface area contributed by atoms with Crippen LogP contribution in [-0.2, 0) is 4.79 Å². The molecule has 116 valence electrons. The Hall–Kier alpha value is -1.91. The molecular formula is C16H22FNO3. The van der Waals surface area contributed by atoms with Gasteiger partial charge in [-0.2, -0.15) is 0 Å². The SMILES string of the molecule is Cc1cc(C(=O)NCC(CC(C)(C)C)C(=O)O)ccc1F. The van der Waals surface area contributed by atoms with E-state index in [0.717, 1.165) is 0 Å². The number of amides is 1. The van der Waals surface area contributed by atoms with Crippen molar-refractivity contribution in [2.24, 2.45) is 11.3 Å². The lowest BCUT2D eigenvalue weighted by atomic mass is 9.84. The van der Waals surface area contributed by atoms with Gasteiger partial charge >= 0.3 is 5.97 Å². The van der Waals surface area contributed by atoms with Gasteiger partial charge in [-0.15, -0.1) is 0 Å². The number of benzene rings is 1. The summed E-state index contributed by atoms with van der Waals surface area (Å²) in [5.74, 6) is -2.34. The van der Waals surface area contributed by atoms with E-state index in [1.165, 1.54) is 18.2 Å². The van der Waals surface area contributed by atoms with Gasteiger partial charge in [0.2, 0.25) is 0 Å². The third-order valence-corrected chi connectivity index (χ3v) is 3.14. The average Bonchev–Trinajstić information content (AvgIpc) is 2.35. The second kappa shape index (κ2) is 6.70. The first kappa shape index (κ1) is 17.1. The van der Waals surface area contributed by atoms with Gasteiger partial charge in [0.1, 0.15) is 5.82 Å². The standard InChI is InChI=1S/C16H22FNO3/c1-10-7-11(5-6-13(10)17)14(19)18-9-12(15(20)21)8-16(2,3)4/h5-7,12H,8-9H2,1-4H3,(H,18,19)(H,20,21). The lowest BCUT2D eigenvalue weighted by Gasteiger charge is -2.23. The van der Waals surface area contributed by atoms with Crippen molar-refractivity contribution in [1.29, 1.82) is 0 Å². The predicted octanol–water partition coefficient (Wildman–Crippen LogP) is 3.00. The molecule has 0 aliphatic carbocycles. The zero-order chi connectivity index (χ0) is 16.2. The molecule has 4 nitrogen and oxygen atoms in total. The van der Waals surface area contributed by atoms with Crippen molar-refractivity contribution < 1.29 is 19.1 Å². The minimum absolute atomic E-state index is 0.0574. The van der Waals surface area contributed by atoms with Crippen LogP contribution in [-0.4, -0.2) is 23.5 Å². The first-order chi connectivity index (χ1) is 9.60. The smallest absolute Gasteiger partial charge is 0.308 e. The Morgan fingerprint density at radius 2 is 1.95 bits per heavy atom. The van der Waals surface area contributed by atoms with Gasteiger partial charge in [0, 0.05) is 12.1 Å². The summed E-state index contributed by atoms with van der Waals surface area (Å²) in [7, 11) is 0. The number of carbonyl (C=O) groups is 2. The van der Waals surface area contributed by atoms with Gasteiger partial charge in [0.15, 0.2) is 0 Å². The van der Waals surface area contributed by atoms with Gasteiger partial charge in [-0.05, 0) is 42.5 Å². The van der Waals surface area contributed by atoms with Crippen molar-refractivity contribution in [3.8, 4) is 0 Å². The lowest BCUT2D eigenvalue weighted by Crippen LogP contribution is -2.35. The summed E-state index contributed by atoms with van der Waals surface area (Å²) < 4.78 is 13.2. The number of nitrogens with one attached hydrogen (secondary N) is 1. The second-order valence-corrected chi connectivity index (χ2v) is 6.47. The number of carbonyl (C=O) groups excluding carboxylic acids is 1.